The van der Waals surface area contributed by atoms with Gasteiger partial charge in [-0.2, -0.15) is 4.99 Å². The number of aromatic carboxylic acids is 1. The van der Waals surface area contributed by atoms with Gasteiger partial charge >= 0.3 is 5.97 Å². The van der Waals surface area contributed by atoms with Gasteiger partial charge < -0.3 is 14.7 Å². The van der Waals surface area contributed by atoms with Crippen LogP contribution in [0.1, 0.15) is 29.3 Å². The Balaban J connectivity index is 1.76. The molecule has 6 nitrogen and oxygen atoms in total. The van der Waals surface area contributed by atoms with Gasteiger partial charge in [0.25, 0.3) is 5.91 Å². The molecule has 0 spiro atoms. The normalized spacial score (nSPS) is 14.9. The van der Waals surface area contributed by atoms with E-state index < -0.39 is 5.97 Å². The maximum atomic E-state index is 12.3. The number of carbonyl (C=O) groups excluding carboxylic acids is 1. The Morgan fingerprint density at radius 2 is 1.93 bits per heavy atom. The number of nitrogens with zero attached hydrogens (tertiary/aromatic N) is 2. The van der Waals surface area contributed by atoms with E-state index in [1.807, 2.05) is 31.2 Å². The first-order chi connectivity index (χ1) is 13.5. The minimum atomic E-state index is -1.03. The van der Waals surface area contributed by atoms with Gasteiger partial charge in [-0.05, 0) is 54.1 Å². The zero-order valence-electron chi connectivity index (χ0n) is 15.6. The number of hydrogen-bond donors (Lipinski definition) is 1. The molecule has 144 valence electrons. The summed E-state index contributed by atoms with van der Waals surface area (Å²) in [5.74, 6) is -0.583. The third kappa shape index (κ3) is 4.43. The Hall–Kier alpha value is -3.06. The molecule has 0 radical (unpaired) electrons. The van der Waals surface area contributed by atoms with Crippen LogP contribution in [0.2, 0.25) is 0 Å². The highest BCUT2D eigenvalue weighted by Gasteiger charge is 2.26. The number of aliphatic imine (C=N–C) groups is 1. The van der Waals surface area contributed by atoms with E-state index >= 15 is 0 Å². The molecule has 1 aliphatic heterocycles. The zero-order valence-corrected chi connectivity index (χ0v) is 16.4. The third-order valence-electron chi connectivity index (χ3n) is 4.04. The molecule has 0 saturated carbocycles. The van der Waals surface area contributed by atoms with E-state index in [1.165, 1.54) is 17.8 Å². The molecule has 3 rings (SSSR count). The fourth-order valence-electron chi connectivity index (χ4n) is 2.62. The van der Waals surface area contributed by atoms with Gasteiger partial charge in [-0.1, -0.05) is 31.2 Å². The SMILES string of the molecule is CCCOc1ccc(/C=C2\SC(N(C)c3ccccc3C(=O)O)=NC2=O)cc1. The van der Waals surface area contributed by atoms with Crippen molar-refractivity contribution in [3.05, 3.63) is 64.6 Å². The number of amides is 1. The second-order valence-corrected chi connectivity index (χ2v) is 7.12. The summed E-state index contributed by atoms with van der Waals surface area (Å²) in [5, 5.41) is 9.81. The Bertz CT molecular complexity index is 951. The number of amidine groups is 1. The van der Waals surface area contributed by atoms with Crippen LogP contribution in [-0.4, -0.2) is 35.8 Å². The summed E-state index contributed by atoms with van der Waals surface area (Å²) in [6, 6.07) is 14.1. The van der Waals surface area contributed by atoms with Gasteiger partial charge in [-0.25, -0.2) is 4.79 Å². The van der Waals surface area contributed by atoms with Crippen LogP contribution in [0, 0.1) is 0 Å². The molecule has 2 aromatic carbocycles. The van der Waals surface area contributed by atoms with E-state index in [-0.39, 0.29) is 11.5 Å². The first-order valence-electron chi connectivity index (χ1n) is 8.81. The summed E-state index contributed by atoms with van der Waals surface area (Å²) in [4.78, 5) is 29.9. The van der Waals surface area contributed by atoms with Crippen LogP contribution in [0.4, 0.5) is 5.69 Å². The Morgan fingerprint density at radius 3 is 2.61 bits per heavy atom. The topological polar surface area (TPSA) is 79.2 Å². The number of rotatable bonds is 6. The van der Waals surface area contributed by atoms with Crippen molar-refractivity contribution < 1.29 is 19.4 Å². The number of para-hydroxylation sites is 1. The van der Waals surface area contributed by atoms with Crippen molar-refractivity contribution in [1.82, 2.24) is 0 Å². The van der Waals surface area contributed by atoms with E-state index in [1.54, 1.807) is 36.2 Å². The van der Waals surface area contributed by atoms with Gasteiger partial charge in [0, 0.05) is 7.05 Å². The van der Waals surface area contributed by atoms with E-state index in [4.69, 9.17) is 4.74 Å². The summed E-state index contributed by atoms with van der Waals surface area (Å²) >= 11 is 1.22. The highest BCUT2D eigenvalue weighted by Crippen LogP contribution is 2.33. The van der Waals surface area contributed by atoms with Crippen molar-refractivity contribution in [3.63, 3.8) is 0 Å². The molecule has 28 heavy (non-hydrogen) atoms. The van der Waals surface area contributed by atoms with Gasteiger partial charge in [-0.3, -0.25) is 4.79 Å². The van der Waals surface area contributed by atoms with Crippen LogP contribution >= 0.6 is 11.8 Å². The molecule has 1 heterocycles. The lowest BCUT2D eigenvalue weighted by atomic mass is 10.1. The van der Waals surface area contributed by atoms with Crippen LogP contribution in [0.15, 0.2) is 58.4 Å². The van der Waals surface area contributed by atoms with Gasteiger partial charge in [-0.15, -0.1) is 0 Å². The van der Waals surface area contributed by atoms with Gasteiger partial charge in [0.2, 0.25) is 0 Å². The second-order valence-electron chi connectivity index (χ2n) is 6.11. The Kier molecular flexibility index (Phi) is 6.16. The van der Waals surface area contributed by atoms with Gasteiger partial charge in [0.05, 0.1) is 22.8 Å². The number of carboxylic acid groups (broad SMARTS) is 1. The summed E-state index contributed by atoms with van der Waals surface area (Å²) in [7, 11) is 1.70. The lowest BCUT2D eigenvalue weighted by molar-refractivity contribution is -0.113. The minimum Gasteiger partial charge on any atom is -0.494 e. The molecule has 1 aliphatic rings. The lowest BCUT2D eigenvalue weighted by Gasteiger charge is -2.19. The van der Waals surface area contributed by atoms with Crippen LogP contribution in [0.25, 0.3) is 6.08 Å². The smallest absolute Gasteiger partial charge is 0.337 e. The van der Waals surface area contributed by atoms with E-state index in [9.17, 15) is 14.7 Å². The molecule has 0 saturated heterocycles. The average molecular weight is 396 g/mol. The number of hydrogen-bond acceptors (Lipinski definition) is 5. The monoisotopic (exact) mass is 396 g/mol. The highest BCUT2D eigenvalue weighted by atomic mass is 32.2. The maximum absolute atomic E-state index is 12.3. The van der Waals surface area contributed by atoms with Crippen LogP contribution in [0.3, 0.4) is 0 Å². The average Bonchev–Trinajstić information content (AvgIpc) is 3.07. The summed E-state index contributed by atoms with van der Waals surface area (Å²) in [5.41, 5.74) is 1.50. The number of benzene rings is 2. The molecule has 1 N–H and O–H groups in total. The van der Waals surface area contributed by atoms with E-state index in [0.29, 0.717) is 22.4 Å². The zero-order chi connectivity index (χ0) is 20.1. The third-order valence-corrected chi connectivity index (χ3v) is 5.10. The number of carbonyl (C=O) groups is 2. The number of carboxylic acids is 1. The van der Waals surface area contributed by atoms with Gasteiger partial charge in [0.15, 0.2) is 5.17 Å². The maximum Gasteiger partial charge on any atom is 0.337 e. The summed E-state index contributed by atoms with van der Waals surface area (Å²) < 4.78 is 5.56. The Morgan fingerprint density at radius 1 is 1.21 bits per heavy atom. The van der Waals surface area contributed by atoms with E-state index in [0.717, 1.165) is 17.7 Å². The highest BCUT2D eigenvalue weighted by molar-refractivity contribution is 8.18. The largest absolute Gasteiger partial charge is 0.494 e. The molecule has 2 aromatic rings. The van der Waals surface area contributed by atoms with Crippen LogP contribution in [0.5, 0.6) is 5.75 Å². The van der Waals surface area contributed by atoms with Crippen molar-refractivity contribution >= 4 is 40.6 Å². The van der Waals surface area contributed by atoms with Crippen molar-refractivity contribution in [1.29, 1.82) is 0 Å². The minimum absolute atomic E-state index is 0.154. The summed E-state index contributed by atoms with van der Waals surface area (Å²) in [6.45, 7) is 2.71. The molecule has 0 atom stereocenters. The molecule has 0 fully saturated rings. The van der Waals surface area contributed by atoms with Crippen molar-refractivity contribution in [3.8, 4) is 5.75 Å². The predicted molar refractivity (Wildman–Crippen MR) is 112 cm³/mol. The number of ether oxygens (including phenoxy) is 1. The first kappa shape index (κ1) is 19.7. The fraction of sp³-hybridized carbons (Fsp3) is 0.190. The molecule has 7 heteroatoms. The molecule has 0 aromatic heterocycles. The lowest BCUT2D eigenvalue weighted by Crippen LogP contribution is -2.24. The molecule has 1 amide bonds. The Labute approximate surface area is 167 Å². The number of thioether (sulfide) groups is 1. The second kappa shape index (κ2) is 8.75. The van der Waals surface area contributed by atoms with Crippen LogP contribution < -0.4 is 9.64 Å². The quantitative estimate of drug-likeness (QED) is 0.734. The van der Waals surface area contributed by atoms with Gasteiger partial charge in [0.1, 0.15) is 5.75 Å². The van der Waals surface area contributed by atoms with Crippen molar-refractivity contribution in [2.45, 2.75) is 13.3 Å². The molecular weight excluding hydrogens is 376 g/mol. The fourth-order valence-corrected chi connectivity index (χ4v) is 3.51. The first-order valence-corrected chi connectivity index (χ1v) is 9.62. The molecule has 0 unspecified atom stereocenters. The molecular formula is C21H20N2O4S. The number of anilines is 1. The van der Waals surface area contributed by atoms with Crippen molar-refractivity contribution in [2.75, 3.05) is 18.6 Å². The standard InChI is InChI=1S/C21H20N2O4S/c1-3-12-27-15-10-8-14(9-11-15)13-18-19(24)22-21(28-18)23(2)17-7-5-4-6-16(17)20(25)26/h4-11,13H,3,12H2,1-2H3,(H,25,26)/b18-13-. The molecule has 0 bridgehead atoms. The van der Waals surface area contributed by atoms with Crippen LogP contribution in [-0.2, 0) is 4.79 Å². The van der Waals surface area contributed by atoms with Crippen molar-refractivity contribution in [2.24, 2.45) is 4.99 Å². The van der Waals surface area contributed by atoms with E-state index in [2.05, 4.69) is 4.99 Å². The summed E-state index contributed by atoms with van der Waals surface area (Å²) in [6.07, 6.45) is 2.71. The predicted octanol–water partition coefficient (Wildman–Crippen LogP) is 4.28. The molecule has 0 aliphatic carbocycles.